The highest BCUT2D eigenvalue weighted by Gasteiger charge is 2.25. The maximum atomic E-state index is 11.3. The lowest BCUT2D eigenvalue weighted by atomic mass is 9.91. The molecule has 1 heterocycles. The molecule has 112 valence electrons. The molecule has 0 radical (unpaired) electrons. The molecule has 0 aliphatic heterocycles. The molecule has 2 aromatic rings. The van der Waals surface area contributed by atoms with Crippen molar-refractivity contribution in [1.29, 1.82) is 0 Å². The van der Waals surface area contributed by atoms with Gasteiger partial charge in [0.15, 0.2) is 5.69 Å². The third-order valence-electron chi connectivity index (χ3n) is 3.61. The molecular weight excluding hydrogens is 264 g/mol. The summed E-state index contributed by atoms with van der Waals surface area (Å²) in [5.41, 5.74) is 4.07. The molecule has 2 rings (SSSR count). The van der Waals surface area contributed by atoms with Crippen LogP contribution in [0.3, 0.4) is 0 Å². The monoisotopic (exact) mass is 286 g/mol. The van der Waals surface area contributed by atoms with Crippen molar-refractivity contribution in [2.45, 2.75) is 46.5 Å². The van der Waals surface area contributed by atoms with Gasteiger partial charge in [0.2, 0.25) is 0 Å². The van der Waals surface area contributed by atoms with E-state index < -0.39 is 5.97 Å². The Kier molecular flexibility index (Phi) is 3.90. The number of para-hydroxylation sites is 1. The Morgan fingerprint density at radius 2 is 2.00 bits per heavy atom. The van der Waals surface area contributed by atoms with E-state index in [4.69, 9.17) is 0 Å². The third kappa shape index (κ3) is 2.84. The standard InChI is InChI=1S/C17H22N2O2/c1-6-12-9-7-8-11(2)15(12)19-14(17(3,4)5)10-13(18-19)16(20)21/h7-10H,6H2,1-5H3,(H,20,21). The number of carbonyl (C=O) groups is 1. The summed E-state index contributed by atoms with van der Waals surface area (Å²) in [6.45, 7) is 10.3. The number of rotatable bonds is 3. The first-order valence-electron chi connectivity index (χ1n) is 7.18. The second kappa shape index (κ2) is 5.35. The van der Waals surface area contributed by atoms with Crippen molar-refractivity contribution in [3.05, 3.63) is 46.8 Å². The molecule has 0 bridgehead atoms. The summed E-state index contributed by atoms with van der Waals surface area (Å²) in [6.07, 6.45) is 0.878. The average Bonchev–Trinajstić information content (AvgIpc) is 2.83. The molecule has 0 aliphatic carbocycles. The Morgan fingerprint density at radius 1 is 1.33 bits per heavy atom. The minimum Gasteiger partial charge on any atom is -0.476 e. The van der Waals surface area contributed by atoms with E-state index >= 15 is 0 Å². The highest BCUT2D eigenvalue weighted by Crippen LogP contribution is 2.29. The molecule has 0 amide bonds. The average molecular weight is 286 g/mol. The fourth-order valence-electron chi connectivity index (χ4n) is 2.50. The smallest absolute Gasteiger partial charge is 0.356 e. The van der Waals surface area contributed by atoms with E-state index in [9.17, 15) is 9.90 Å². The van der Waals surface area contributed by atoms with Crippen molar-refractivity contribution < 1.29 is 9.90 Å². The Balaban J connectivity index is 2.77. The Morgan fingerprint density at radius 3 is 2.52 bits per heavy atom. The molecule has 0 saturated heterocycles. The maximum Gasteiger partial charge on any atom is 0.356 e. The predicted octanol–water partition coefficient (Wildman–Crippen LogP) is 3.74. The number of aryl methyl sites for hydroxylation is 2. The first kappa shape index (κ1) is 15.3. The first-order chi connectivity index (χ1) is 9.75. The van der Waals surface area contributed by atoms with Gasteiger partial charge in [-0.25, -0.2) is 9.48 Å². The minimum atomic E-state index is -0.995. The van der Waals surface area contributed by atoms with Crippen molar-refractivity contribution in [2.75, 3.05) is 0 Å². The fraction of sp³-hybridized carbons (Fsp3) is 0.412. The topological polar surface area (TPSA) is 55.1 Å². The Hall–Kier alpha value is -2.10. The third-order valence-corrected chi connectivity index (χ3v) is 3.61. The number of hydrogen-bond acceptors (Lipinski definition) is 2. The van der Waals surface area contributed by atoms with Crippen LogP contribution in [-0.2, 0) is 11.8 Å². The van der Waals surface area contributed by atoms with Crippen molar-refractivity contribution in [2.24, 2.45) is 0 Å². The summed E-state index contributed by atoms with van der Waals surface area (Å²) in [5.74, 6) is -0.995. The van der Waals surface area contributed by atoms with Crippen molar-refractivity contribution in [3.63, 3.8) is 0 Å². The molecule has 0 atom stereocenters. The second-order valence-electron chi connectivity index (χ2n) is 6.32. The van der Waals surface area contributed by atoms with E-state index in [2.05, 4.69) is 38.9 Å². The van der Waals surface area contributed by atoms with Gasteiger partial charge >= 0.3 is 5.97 Å². The zero-order valence-corrected chi connectivity index (χ0v) is 13.3. The number of benzene rings is 1. The molecule has 0 aliphatic rings. The van der Waals surface area contributed by atoms with E-state index in [0.29, 0.717) is 0 Å². The number of carboxylic acid groups (broad SMARTS) is 1. The molecule has 0 unspecified atom stereocenters. The lowest BCUT2D eigenvalue weighted by molar-refractivity contribution is 0.0690. The van der Waals surface area contributed by atoms with Crippen LogP contribution < -0.4 is 0 Å². The molecule has 0 spiro atoms. The summed E-state index contributed by atoms with van der Waals surface area (Å²) < 4.78 is 1.80. The molecule has 4 heteroatoms. The van der Waals surface area contributed by atoms with Crippen LogP contribution in [0.15, 0.2) is 24.3 Å². The number of carboxylic acids is 1. The number of nitrogens with zero attached hydrogens (tertiary/aromatic N) is 2. The van der Waals surface area contributed by atoms with Gasteiger partial charge in [-0.3, -0.25) is 0 Å². The molecule has 1 aromatic heterocycles. The van der Waals surface area contributed by atoms with Gasteiger partial charge in [-0.15, -0.1) is 0 Å². The molecule has 0 fully saturated rings. The van der Waals surface area contributed by atoms with Crippen molar-refractivity contribution in [1.82, 2.24) is 9.78 Å². The molecule has 1 N–H and O–H groups in total. The largest absolute Gasteiger partial charge is 0.476 e. The molecule has 0 saturated carbocycles. The van der Waals surface area contributed by atoms with Crippen LogP contribution in [0.4, 0.5) is 0 Å². The van der Waals surface area contributed by atoms with Gasteiger partial charge in [0.1, 0.15) is 0 Å². The second-order valence-corrected chi connectivity index (χ2v) is 6.32. The number of hydrogen-bond donors (Lipinski definition) is 1. The van der Waals surface area contributed by atoms with Crippen LogP contribution in [0, 0.1) is 6.92 Å². The van der Waals surface area contributed by atoms with Crippen molar-refractivity contribution >= 4 is 5.97 Å². The molecule has 21 heavy (non-hydrogen) atoms. The van der Waals surface area contributed by atoms with Crippen LogP contribution in [0.5, 0.6) is 0 Å². The van der Waals surface area contributed by atoms with Crippen LogP contribution in [0.25, 0.3) is 5.69 Å². The van der Waals surface area contributed by atoms with E-state index in [-0.39, 0.29) is 11.1 Å². The quantitative estimate of drug-likeness (QED) is 0.935. The van der Waals surface area contributed by atoms with Gasteiger partial charge in [-0.1, -0.05) is 45.9 Å². The van der Waals surface area contributed by atoms with Crippen LogP contribution in [0.1, 0.15) is 55.0 Å². The van der Waals surface area contributed by atoms with Crippen molar-refractivity contribution in [3.8, 4) is 5.69 Å². The zero-order chi connectivity index (χ0) is 15.8. The van der Waals surface area contributed by atoms with Crippen LogP contribution >= 0.6 is 0 Å². The summed E-state index contributed by atoms with van der Waals surface area (Å²) in [7, 11) is 0. The predicted molar refractivity (Wildman–Crippen MR) is 83.3 cm³/mol. The number of aromatic carboxylic acids is 1. The molecular formula is C17H22N2O2. The van der Waals surface area contributed by atoms with Gasteiger partial charge in [0, 0.05) is 5.41 Å². The van der Waals surface area contributed by atoms with E-state index in [1.54, 1.807) is 10.7 Å². The summed E-state index contributed by atoms with van der Waals surface area (Å²) in [6, 6.07) is 7.80. The highest BCUT2D eigenvalue weighted by atomic mass is 16.4. The SMILES string of the molecule is CCc1cccc(C)c1-n1nc(C(=O)O)cc1C(C)(C)C. The highest BCUT2D eigenvalue weighted by molar-refractivity contribution is 5.85. The summed E-state index contributed by atoms with van der Waals surface area (Å²) in [5, 5.41) is 13.6. The van der Waals surface area contributed by atoms with Gasteiger partial charge in [-0.2, -0.15) is 5.10 Å². The summed E-state index contributed by atoms with van der Waals surface area (Å²) in [4.78, 5) is 11.3. The Bertz CT molecular complexity index is 679. The number of aromatic nitrogens is 2. The lowest BCUT2D eigenvalue weighted by Crippen LogP contribution is -2.18. The maximum absolute atomic E-state index is 11.3. The zero-order valence-electron chi connectivity index (χ0n) is 13.3. The normalized spacial score (nSPS) is 11.7. The van der Waals surface area contributed by atoms with Gasteiger partial charge in [0.25, 0.3) is 0 Å². The van der Waals surface area contributed by atoms with Gasteiger partial charge < -0.3 is 5.11 Å². The Labute approximate surface area is 125 Å². The van der Waals surface area contributed by atoms with Gasteiger partial charge in [-0.05, 0) is 30.5 Å². The summed E-state index contributed by atoms with van der Waals surface area (Å²) >= 11 is 0. The van der Waals surface area contributed by atoms with Crippen LogP contribution in [-0.4, -0.2) is 20.9 Å². The minimum absolute atomic E-state index is 0.0882. The van der Waals surface area contributed by atoms with Crippen LogP contribution in [0.2, 0.25) is 0 Å². The van der Waals surface area contributed by atoms with E-state index in [1.807, 2.05) is 19.1 Å². The first-order valence-corrected chi connectivity index (χ1v) is 7.18. The fourth-order valence-corrected chi connectivity index (χ4v) is 2.50. The molecule has 4 nitrogen and oxygen atoms in total. The van der Waals surface area contributed by atoms with Gasteiger partial charge in [0.05, 0.1) is 11.4 Å². The molecule has 1 aromatic carbocycles. The van der Waals surface area contributed by atoms with E-state index in [0.717, 1.165) is 23.4 Å². The lowest BCUT2D eigenvalue weighted by Gasteiger charge is -2.22. The van der Waals surface area contributed by atoms with E-state index in [1.165, 1.54) is 5.56 Å².